The maximum absolute atomic E-state index is 5.62. The van der Waals surface area contributed by atoms with Gasteiger partial charge in [-0.2, -0.15) is 0 Å². The summed E-state index contributed by atoms with van der Waals surface area (Å²) < 4.78 is 0.671. The number of hydrogen-bond acceptors (Lipinski definition) is 2. The zero-order valence-electron chi connectivity index (χ0n) is 5.05. The van der Waals surface area contributed by atoms with Crippen LogP contribution in [0.15, 0.2) is 11.3 Å². The molecule has 3 heteroatoms. The summed E-state index contributed by atoms with van der Waals surface area (Å²) in [6.45, 7) is 0. The molecule has 0 amide bonds. The normalized spacial score (nSPS) is 18.8. The van der Waals surface area contributed by atoms with E-state index in [9.17, 15) is 0 Å². The van der Waals surface area contributed by atoms with Gasteiger partial charge in [0, 0.05) is 5.70 Å². The van der Waals surface area contributed by atoms with E-state index in [4.69, 9.17) is 18.0 Å². The summed E-state index contributed by atoms with van der Waals surface area (Å²) >= 11 is 8.90. The minimum Gasteiger partial charge on any atom is -0.402 e. The smallest absolute Gasteiger partial charge is 0.0724 e. The molecule has 1 nitrogen and oxygen atoms in total. The Morgan fingerprint density at radius 2 is 2.22 bits per heavy atom. The standard InChI is InChI=1S/C6H9NS2/c7-5-3-1-2-4(5)6(8)9/h1-3,7H2,(H,8,9). The number of thiol groups is 1. The molecule has 0 bridgehead atoms. The first kappa shape index (κ1) is 7.09. The van der Waals surface area contributed by atoms with Crippen molar-refractivity contribution >= 4 is 29.0 Å². The third-order valence-electron chi connectivity index (χ3n) is 1.52. The number of nitrogens with two attached hydrogens (primary N) is 1. The predicted octanol–water partition coefficient (Wildman–Crippen LogP) is 1.64. The first-order valence-electron chi connectivity index (χ1n) is 2.92. The molecule has 0 unspecified atom stereocenters. The number of rotatable bonds is 1. The Morgan fingerprint density at radius 1 is 1.56 bits per heavy atom. The molecular formula is C6H9NS2. The third-order valence-corrected chi connectivity index (χ3v) is 2.03. The van der Waals surface area contributed by atoms with Crippen LogP contribution in [0.2, 0.25) is 0 Å². The van der Waals surface area contributed by atoms with E-state index >= 15 is 0 Å². The Morgan fingerprint density at radius 3 is 2.44 bits per heavy atom. The van der Waals surface area contributed by atoms with E-state index in [1.807, 2.05) is 0 Å². The highest BCUT2D eigenvalue weighted by Gasteiger charge is 2.12. The Bertz CT molecular complexity index is 172. The molecule has 0 aromatic heterocycles. The molecule has 1 aliphatic carbocycles. The molecule has 0 radical (unpaired) electrons. The molecule has 50 valence electrons. The van der Waals surface area contributed by atoms with Crippen LogP contribution in [0.4, 0.5) is 0 Å². The molecule has 0 heterocycles. The quantitative estimate of drug-likeness (QED) is 0.449. The summed E-state index contributed by atoms with van der Waals surface area (Å²) in [5.74, 6) is 0. The van der Waals surface area contributed by atoms with Gasteiger partial charge in [-0.3, -0.25) is 0 Å². The van der Waals surface area contributed by atoms with Gasteiger partial charge in [-0.15, -0.1) is 12.6 Å². The van der Waals surface area contributed by atoms with Crippen molar-refractivity contribution in [2.24, 2.45) is 5.73 Å². The van der Waals surface area contributed by atoms with Gasteiger partial charge in [-0.1, -0.05) is 12.2 Å². The number of allylic oxidation sites excluding steroid dienone is 1. The number of hydrogen-bond donors (Lipinski definition) is 2. The lowest BCUT2D eigenvalue weighted by Crippen LogP contribution is -1.98. The monoisotopic (exact) mass is 159 g/mol. The molecule has 0 atom stereocenters. The van der Waals surface area contributed by atoms with Crippen molar-refractivity contribution in [3.8, 4) is 0 Å². The van der Waals surface area contributed by atoms with Crippen LogP contribution in [-0.4, -0.2) is 4.20 Å². The molecule has 0 aliphatic heterocycles. The van der Waals surface area contributed by atoms with Crippen LogP contribution in [0.3, 0.4) is 0 Å². The first-order chi connectivity index (χ1) is 4.22. The molecule has 2 N–H and O–H groups in total. The molecule has 0 aromatic rings. The molecule has 0 aromatic carbocycles. The fourth-order valence-electron chi connectivity index (χ4n) is 1.01. The highest BCUT2D eigenvalue weighted by molar-refractivity contribution is 8.11. The minimum absolute atomic E-state index is 0.671. The van der Waals surface area contributed by atoms with Gasteiger partial charge < -0.3 is 5.73 Å². The summed E-state index contributed by atoms with van der Waals surface area (Å²) in [6.07, 6.45) is 3.16. The van der Waals surface area contributed by atoms with Crippen molar-refractivity contribution in [2.75, 3.05) is 0 Å². The Labute approximate surface area is 65.7 Å². The van der Waals surface area contributed by atoms with Crippen LogP contribution in [-0.2, 0) is 0 Å². The van der Waals surface area contributed by atoms with Crippen LogP contribution in [0.1, 0.15) is 19.3 Å². The molecule has 9 heavy (non-hydrogen) atoms. The van der Waals surface area contributed by atoms with Crippen molar-refractivity contribution in [1.82, 2.24) is 0 Å². The van der Waals surface area contributed by atoms with Crippen LogP contribution in [0, 0.1) is 0 Å². The lowest BCUT2D eigenvalue weighted by atomic mass is 10.2. The zero-order valence-corrected chi connectivity index (χ0v) is 6.77. The van der Waals surface area contributed by atoms with E-state index in [-0.39, 0.29) is 0 Å². The Kier molecular flexibility index (Phi) is 2.13. The molecule has 0 fully saturated rings. The van der Waals surface area contributed by atoms with Gasteiger partial charge in [0.15, 0.2) is 0 Å². The van der Waals surface area contributed by atoms with Crippen molar-refractivity contribution in [3.05, 3.63) is 11.3 Å². The van der Waals surface area contributed by atoms with E-state index in [1.165, 1.54) is 0 Å². The summed E-state index contributed by atoms with van der Waals surface area (Å²) in [4.78, 5) is 0. The molecule has 0 saturated heterocycles. The maximum atomic E-state index is 5.62. The highest BCUT2D eigenvalue weighted by Crippen LogP contribution is 2.24. The van der Waals surface area contributed by atoms with E-state index in [1.54, 1.807) is 0 Å². The molecule has 0 spiro atoms. The Hall–Kier alpha value is -0.0200. The van der Waals surface area contributed by atoms with Gasteiger partial charge in [0.05, 0.1) is 4.20 Å². The second-order valence-corrected chi connectivity index (χ2v) is 3.32. The maximum Gasteiger partial charge on any atom is 0.0724 e. The second kappa shape index (κ2) is 2.71. The first-order valence-corrected chi connectivity index (χ1v) is 3.78. The van der Waals surface area contributed by atoms with Crippen LogP contribution in [0.5, 0.6) is 0 Å². The van der Waals surface area contributed by atoms with Gasteiger partial charge in [-0.25, -0.2) is 0 Å². The Balaban J connectivity index is 2.78. The molecule has 1 aliphatic rings. The predicted molar refractivity (Wildman–Crippen MR) is 46.6 cm³/mol. The van der Waals surface area contributed by atoms with Gasteiger partial charge in [0.25, 0.3) is 0 Å². The topological polar surface area (TPSA) is 26.0 Å². The molecular weight excluding hydrogens is 150 g/mol. The fraction of sp³-hybridized carbons (Fsp3) is 0.500. The average molecular weight is 159 g/mol. The summed E-state index contributed by atoms with van der Waals surface area (Å²) in [6, 6.07) is 0. The van der Waals surface area contributed by atoms with E-state index in [2.05, 4.69) is 12.6 Å². The summed E-state index contributed by atoms with van der Waals surface area (Å²) in [5.41, 5.74) is 7.65. The van der Waals surface area contributed by atoms with Crippen LogP contribution in [0.25, 0.3) is 0 Å². The number of thiocarbonyl (C=S) groups is 1. The molecule has 1 rings (SSSR count). The minimum atomic E-state index is 0.671. The van der Waals surface area contributed by atoms with Gasteiger partial charge in [-0.05, 0) is 24.8 Å². The van der Waals surface area contributed by atoms with E-state index < -0.39 is 0 Å². The van der Waals surface area contributed by atoms with Crippen LogP contribution >= 0.6 is 24.8 Å². The SMILES string of the molecule is NC1=C(C(=S)S)CCC1. The second-order valence-electron chi connectivity index (χ2n) is 2.16. The lowest BCUT2D eigenvalue weighted by molar-refractivity contribution is 0.897. The van der Waals surface area contributed by atoms with E-state index in [0.717, 1.165) is 30.5 Å². The van der Waals surface area contributed by atoms with Crippen molar-refractivity contribution < 1.29 is 0 Å². The lowest BCUT2D eigenvalue weighted by Gasteiger charge is -1.96. The van der Waals surface area contributed by atoms with Crippen molar-refractivity contribution in [1.29, 1.82) is 0 Å². The highest BCUT2D eigenvalue weighted by atomic mass is 32.1. The zero-order chi connectivity index (χ0) is 6.85. The van der Waals surface area contributed by atoms with Crippen molar-refractivity contribution in [3.63, 3.8) is 0 Å². The largest absolute Gasteiger partial charge is 0.402 e. The van der Waals surface area contributed by atoms with Crippen molar-refractivity contribution in [2.45, 2.75) is 19.3 Å². The average Bonchev–Trinajstić information content (AvgIpc) is 2.13. The van der Waals surface area contributed by atoms with Crippen LogP contribution < -0.4 is 5.73 Å². The summed E-state index contributed by atoms with van der Waals surface area (Å²) in [5, 5.41) is 0. The van der Waals surface area contributed by atoms with Gasteiger partial charge in [0.1, 0.15) is 0 Å². The summed E-state index contributed by atoms with van der Waals surface area (Å²) in [7, 11) is 0. The fourth-order valence-corrected chi connectivity index (χ4v) is 1.50. The van der Waals surface area contributed by atoms with Gasteiger partial charge in [0.2, 0.25) is 0 Å². The third kappa shape index (κ3) is 1.46. The van der Waals surface area contributed by atoms with E-state index in [0.29, 0.717) is 4.20 Å². The molecule has 0 saturated carbocycles. The van der Waals surface area contributed by atoms with Gasteiger partial charge >= 0.3 is 0 Å².